The van der Waals surface area contributed by atoms with E-state index in [2.05, 4.69) is 69.2 Å². The van der Waals surface area contributed by atoms with Crippen LogP contribution in [0, 0.1) is 6.92 Å². The van der Waals surface area contributed by atoms with Crippen LogP contribution in [0.3, 0.4) is 0 Å². The van der Waals surface area contributed by atoms with Crippen molar-refractivity contribution >= 4 is 37.5 Å². The van der Waals surface area contributed by atoms with Crippen LogP contribution in [0.5, 0.6) is 5.75 Å². The van der Waals surface area contributed by atoms with Crippen LogP contribution in [0.4, 0.5) is 5.69 Å². The highest BCUT2D eigenvalue weighted by molar-refractivity contribution is 9.10. The number of hydrogen-bond donors (Lipinski definition) is 2. The predicted molar refractivity (Wildman–Crippen MR) is 91.3 cm³/mol. The highest BCUT2D eigenvalue weighted by Gasteiger charge is 2.15. The zero-order chi connectivity index (χ0) is 14.7. The molecule has 20 heavy (non-hydrogen) atoms. The molecule has 0 aliphatic carbocycles. The molecule has 1 unspecified atom stereocenters. The molecule has 2 rings (SSSR count). The maximum Gasteiger partial charge on any atom is 0.120 e. The minimum Gasteiger partial charge on any atom is -0.508 e. The summed E-state index contributed by atoms with van der Waals surface area (Å²) in [6, 6.07) is 11.8. The molecule has 2 N–H and O–H groups in total. The molecule has 2 aromatic carbocycles. The SMILES string of the molecule is CCC(Nc1ccc(C)cc1Br)c1cc(Br)ccc1O. The van der Waals surface area contributed by atoms with Crippen molar-refractivity contribution in [2.24, 2.45) is 0 Å². The van der Waals surface area contributed by atoms with E-state index >= 15 is 0 Å². The second-order valence-corrected chi connectivity index (χ2v) is 6.56. The molecule has 1 atom stereocenters. The van der Waals surface area contributed by atoms with Crippen molar-refractivity contribution in [3.8, 4) is 5.75 Å². The van der Waals surface area contributed by atoms with Gasteiger partial charge in [-0.3, -0.25) is 0 Å². The highest BCUT2D eigenvalue weighted by atomic mass is 79.9. The summed E-state index contributed by atoms with van der Waals surface area (Å²) in [5.41, 5.74) is 3.14. The lowest BCUT2D eigenvalue weighted by Gasteiger charge is -2.21. The Bertz CT molecular complexity index is 613. The maximum atomic E-state index is 10.1. The van der Waals surface area contributed by atoms with Crippen LogP contribution in [0.1, 0.15) is 30.5 Å². The number of aromatic hydroxyl groups is 1. The first-order valence-corrected chi connectivity index (χ1v) is 8.11. The van der Waals surface area contributed by atoms with Gasteiger partial charge in [0.25, 0.3) is 0 Å². The molecule has 106 valence electrons. The summed E-state index contributed by atoms with van der Waals surface area (Å²) < 4.78 is 2.00. The fourth-order valence-electron chi connectivity index (χ4n) is 2.13. The van der Waals surface area contributed by atoms with Gasteiger partial charge in [-0.25, -0.2) is 0 Å². The first-order chi connectivity index (χ1) is 9.51. The second kappa shape index (κ2) is 6.64. The Hall–Kier alpha value is -1.00. The Balaban J connectivity index is 2.31. The summed E-state index contributed by atoms with van der Waals surface area (Å²) in [6.45, 7) is 4.16. The third-order valence-electron chi connectivity index (χ3n) is 3.23. The highest BCUT2D eigenvalue weighted by Crippen LogP contribution is 2.34. The molecule has 0 fully saturated rings. The average Bonchev–Trinajstić information content (AvgIpc) is 2.41. The lowest BCUT2D eigenvalue weighted by Crippen LogP contribution is -2.10. The number of benzene rings is 2. The molecular formula is C16H17Br2NO. The van der Waals surface area contributed by atoms with Crippen LogP contribution in [0.15, 0.2) is 45.3 Å². The Morgan fingerprint density at radius 3 is 2.55 bits per heavy atom. The van der Waals surface area contributed by atoms with Crippen LogP contribution in [0.2, 0.25) is 0 Å². The molecular weight excluding hydrogens is 382 g/mol. The molecule has 4 heteroatoms. The largest absolute Gasteiger partial charge is 0.508 e. The van der Waals surface area contributed by atoms with Gasteiger partial charge in [0.1, 0.15) is 5.75 Å². The van der Waals surface area contributed by atoms with Gasteiger partial charge < -0.3 is 10.4 Å². The first kappa shape index (κ1) is 15.4. The lowest BCUT2D eigenvalue weighted by molar-refractivity contribution is 0.462. The molecule has 2 aromatic rings. The fraction of sp³-hybridized carbons (Fsp3) is 0.250. The van der Waals surface area contributed by atoms with E-state index in [4.69, 9.17) is 0 Å². The maximum absolute atomic E-state index is 10.1. The van der Waals surface area contributed by atoms with Crippen LogP contribution in [0.25, 0.3) is 0 Å². The van der Waals surface area contributed by atoms with Crippen LogP contribution < -0.4 is 5.32 Å². The number of nitrogens with one attached hydrogen (secondary N) is 1. The molecule has 0 amide bonds. The molecule has 0 aliphatic rings. The van der Waals surface area contributed by atoms with Crippen molar-refractivity contribution in [1.82, 2.24) is 0 Å². The molecule has 0 aliphatic heterocycles. The normalized spacial score (nSPS) is 12.2. The molecule has 0 heterocycles. The molecule has 0 bridgehead atoms. The van der Waals surface area contributed by atoms with E-state index in [0.717, 1.165) is 26.6 Å². The summed E-state index contributed by atoms with van der Waals surface area (Å²) >= 11 is 7.03. The average molecular weight is 399 g/mol. The fourth-order valence-corrected chi connectivity index (χ4v) is 3.12. The van der Waals surface area contributed by atoms with Gasteiger partial charge in [0.05, 0.1) is 6.04 Å². The number of anilines is 1. The van der Waals surface area contributed by atoms with Gasteiger partial charge in [-0.15, -0.1) is 0 Å². The zero-order valence-corrected chi connectivity index (χ0v) is 14.6. The molecule has 0 spiro atoms. The van der Waals surface area contributed by atoms with Crippen LogP contribution in [-0.2, 0) is 0 Å². The summed E-state index contributed by atoms with van der Waals surface area (Å²) in [5, 5.41) is 13.5. The van der Waals surface area contributed by atoms with Crippen molar-refractivity contribution in [1.29, 1.82) is 0 Å². The van der Waals surface area contributed by atoms with Crippen LogP contribution >= 0.6 is 31.9 Å². The van der Waals surface area contributed by atoms with Crippen molar-refractivity contribution in [2.45, 2.75) is 26.3 Å². The molecule has 0 saturated carbocycles. The van der Waals surface area contributed by atoms with Gasteiger partial charge in [-0.2, -0.15) is 0 Å². The number of hydrogen-bond acceptors (Lipinski definition) is 2. The standard InChI is InChI=1S/C16H17Br2NO/c1-3-14(12-9-11(17)5-7-16(12)20)19-15-6-4-10(2)8-13(15)18/h4-9,14,19-20H,3H2,1-2H3. The van der Waals surface area contributed by atoms with E-state index in [-0.39, 0.29) is 6.04 Å². The number of halogens is 2. The van der Waals surface area contributed by atoms with E-state index < -0.39 is 0 Å². The number of phenolic OH excluding ortho intramolecular Hbond substituents is 1. The van der Waals surface area contributed by atoms with E-state index in [9.17, 15) is 5.11 Å². The van der Waals surface area contributed by atoms with E-state index in [1.807, 2.05) is 12.1 Å². The number of aryl methyl sites for hydroxylation is 1. The van der Waals surface area contributed by atoms with Gasteiger partial charge in [-0.1, -0.05) is 28.9 Å². The molecule has 2 nitrogen and oxygen atoms in total. The quantitative estimate of drug-likeness (QED) is 0.683. The monoisotopic (exact) mass is 397 g/mol. The lowest BCUT2D eigenvalue weighted by atomic mass is 10.0. The predicted octanol–water partition coefficient (Wildman–Crippen LogP) is 5.79. The van der Waals surface area contributed by atoms with Gasteiger partial charge >= 0.3 is 0 Å². The smallest absolute Gasteiger partial charge is 0.120 e. The first-order valence-electron chi connectivity index (χ1n) is 6.52. The van der Waals surface area contributed by atoms with Crippen molar-refractivity contribution in [3.63, 3.8) is 0 Å². The number of phenols is 1. The van der Waals surface area contributed by atoms with Crippen molar-refractivity contribution < 1.29 is 5.11 Å². The minimum absolute atomic E-state index is 0.0616. The summed E-state index contributed by atoms with van der Waals surface area (Å²) in [7, 11) is 0. The Kier molecular flexibility index (Phi) is 5.11. The third-order valence-corrected chi connectivity index (χ3v) is 4.38. The third kappa shape index (κ3) is 3.55. The molecule has 0 radical (unpaired) electrons. The summed E-state index contributed by atoms with van der Waals surface area (Å²) in [4.78, 5) is 0. The molecule has 0 saturated heterocycles. The summed E-state index contributed by atoms with van der Waals surface area (Å²) in [5.74, 6) is 0.316. The van der Waals surface area contributed by atoms with E-state index in [0.29, 0.717) is 5.75 Å². The van der Waals surface area contributed by atoms with E-state index in [1.165, 1.54) is 5.56 Å². The Morgan fingerprint density at radius 1 is 1.15 bits per heavy atom. The van der Waals surface area contributed by atoms with Gasteiger partial charge in [0.15, 0.2) is 0 Å². The van der Waals surface area contributed by atoms with Crippen LogP contribution in [-0.4, -0.2) is 5.11 Å². The van der Waals surface area contributed by atoms with Crippen molar-refractivity contribution in [3.05, 3.63) is 56.5 Å². The Morgan fingerprint density at radius 2 is 1.90 bits per heavy atom. The zero-order valence-electron chi connectivity index (χ0n) is 11.5. The minimum atomic E-state index is 0.0616. The van der Waals surface area contributed by atoms with Crippen molar-refractivity contribution in [2.75, 3.05) is 5.32 Å². The Labute approximate surface area is 136 Å². The van der Waals surface area contributed by atoms with Gasteiger partial charge in [0.2, 0.25) is 0 Å². The van der Waals surface area contributed by atoms with E-state index in [1.54, 1.807) is 6.07 Å². The topological polar surface area (TPSA) is 32.3 Å². The van der Waals surface area contributed by atoms with Gasteiger partial charge in [0, 0.05) is 20.2 Å². The summed E-state index contributed by atoms with van der Waals surface area (Å²) in [6.07, 6.45) is 0.879. The molecule has 0 aromatic heterocycles. The second-order valence-electron chi connectivity index (χ2n) is 4.79. The van der Waals surface area contributed by atoms with Gasteiger partial charge in [-0.05, 0) is 65.2 Å². The number of rotatable bonds is 4.